The van der Waals surface area contributed by atoms with Crippen LogP contribution in [0.3, 0.4) is 0 Å². The molecule has 25 heavy (non-hydrogen) atoms. The Morgan fingerprint density at radius 2 is 2.00 bits per heavy atom. The second-order valence-electron chi connectivity index (χ2n) is 5.67. The van der Waals surface area contributed by atoms with Crippen molar-refractivity contribution in [3.8, 4) is 11.1 Å². The van der Waals surface area contributed by atoms with Gasteiger partial charge in [-0.2, -0.15) is 5.10 Å². The normalized spacial score (nSPS) is 10.7. The van der Waals surface area contributed by atoms with Crippen LogP contribution in [0.15, 0.2) is 49.1 Å². The second kappa shape index (κ2) is 7.21. The SMILES string of the molecule is Cn1cc(-c2cncc(CNC(=O)Cc3ccc(F)cc3F)c2)cn1. The van der Waals surface area contributed by atoms with Gasteiger partial charge >= 0.3 is 0 Å². The van der Waals surface area contributed by atoms with Gasteiger partial charge in [-0.05, 0) is 23.3 Å². The van der Waals surface area contributed by atoms with Gasteiger partial charge in [0.2, 0.25) is 5.91 Å². The largest absolute Gasteiger partial charge is 0.352 e. The number of nitrogens with one attached hydrogen (secondary N) is 1. The molecule has 1 aromatic carbocycles. The fraction of sp³-hybridized carbons (Fsp3) is 0.167. The number of hydrogen-bond acceptors (Lipinski definition) is 3. The van der Waals surface area contributed by atoms with E-state index < -0.39 is 11.6 Å². The summed E-state index contributed by atoms with van der Waals surface area (Å²) in [5.41, 5.74) is 2.79. The molecule has 0 aliphatic carbocycles. The van der Waals surface area contributed by atoms with Crippen molar-refractivity contribution in [3.63, 3.8) is 0 Å². The highest BCUT2D eigenvalue weighted by atomic mass is 19.1. The summed E-state index contributed by atoms with van der Waals surface area (Å²) in [6.07, 6.45) is 6.82. The molecule has 128 valence electrons. The first-order valence-corrected chi connectivity index (χ1v) is 7.65. The zero-order valence-corrected chi connectivity index (χ0v) is 13.5. The van der Waals surface area contributed by atoms with Crippen molar-refractivity contribution >= 4 is 5.91 Å². The minimum absolute atomic E-state index is 0.151. The molecule has 0 aliphatic rings. The lowest BCUT2D eigenvalue weighted by Crippen LogP contribution is -2.25. The molecule has 0 saturated carbocycles. The van der Waals surface area contributed by atoms with Crippen molar-refractivity contribution in [2.45, 2.75) is 13.0 Å². The van der Waals surface area contributed by atoms with E-state index in [1.807, 2.05) is 19.3 Å². The van der Waals surface area contributed by atoms with Crippen molar-refractivity contribution in [1.29, 1.82) is 0 Å². The Kier molecular flexibility index (Phi) is 4.83. The number of carbonyl (C=O) groups excluding carboxylic acids is 1. The molecule has 0 saturated heterocycles. The number of carbonyl (C=O) groups is 1. The summed E-state index contributed by atoms with van der Waals surface area (Å²) in [6.45, 7) is 0.267. The summed E-state index contributed by atoms with van der Waals surface area (Å²) in [5, 5.41) is 6.83. The van der Waals surface area contributed by atoms with Gasteiger partial charge in [0, 0.05) is 49.4 Å². The minimum atomic E-state index is -0.726. The lowest BCUT2D eigenvalue weighted by Gasteiger charge is -2.07. The van der Waals surface area contributed by atoms with Crippen LogP contribution >= 0.6 is 0 Å². The number of amides is 1. The number of aryl methyl sites for hydroxylation is 1. The van der Waals surface area contributed by atoms with E-state index in [1.165, 1.54) is 6.07 Å². The maximum Gasteiger partial charge on any atom is 0.224 e. The third kappa shape index (κ3) is 4.26. The summed E-state index contributed by atoms with van der Waals surface area (Å²) in [7, 11) is 1.83. The van der Waals surface area contributed by atoms with Crippen LogP contribution in [0, 0.1) is 11.6 Å². The quantitative estimate of drug-likeness (QED) is 0.775. The van der Waals surface area contributed by atoms with Crippen molar-refractivity contribution < 1.29 is 13.6 Å². The van der Waals surface area contributed by atoms with Gasteiger partial charge in [-0.1, -0.05) is 6.07 Å². The highest BCUT2D eigenvalue weighted by molar-refractivity contribution is 5.78. The monoisotopic (exact) mass is 342 g/mol. The van der Waals surface area contributed by atoms with Gasteiger partial charge in [-0.15, -0.1) is 0 Å². The van der Waals surface area contributed by atoms with E-state index in [9.17, 15) is 13.6 Å². The van der Waals surface area contributed by atoms with Crippen LogP contribution in [0.1, 0.15) is 11.1 Å². The van der Waals surface area contributed by atoms with Crippen LogP contribution in [0.25, 0.3) is 11.1 Å². The number of rotatable bonds is 5. The van der Waals surface area contributed by atoms with Crippen molar-refractivity contribution in [2.24, 2.45) is 7.05 Å². The zero-order chi connectivity index (χ0) is 17.8. The van der Waals surface area contributed by atoms with Crippen molar-refractivity contribution in [3.05, 3.63) is 71.8 Å². The Balaban J connectivity index is 1.62. The Morgan fingerprint density at radius 3 is 2.72 bits per heavy atom. The number of benzene rings is 1. The van der Waals surface area contributed by atoms with Crippen molar-refractivity contribution in [1.82, 2.24) is 20.1 Å². The topological polar surface area (TPSA) is 59.8 Å². The van der Waals surface area contributed by atoms with Crippen LogP contribution in [-0.2, 0) is 24.8 Å². The van der Waals surface area contributed by atoms with E-state index in [0.29, 0.717) is 0 Å². The van der Waals surface area contributed by atoms with Crippen LogP contribution < -0.4 is 5.32 Å². The van der Waals surface area contributed by atoms with Gasteiger partial charge < -0.3 is 5.32 Å². The summed E-state index contributed by atoms with van der Waals surface area (Å²) >= 11 is 0. The average molecular weight is 342 g/mol. The molecule has 0 aliphatic heterocycles. The smallest absolute Gasteiger partial charge is 0.224 e. The highest BCUT2D eigenvalue weighted by Crippen LogP contribution is 2.18. The molecular formula is C18H16F2N4O. The number of halogens is 2. The third-order valence-electron chi connectivity index (χ3n) is 3.69. The maximum absolute atomic E-state index is 13.6. The van der Waals surface area contributed by atoms with E-state index in [0.717, 1.165) is 28.8 Å². The Labute approximate surface area is 143 Å². The molecule has 0 bridgehead atoms. The number of aromatic nitrogens is 3. The zero-order valence-electron chi connectivity index (χ0n) is 13.5. The van der Waals surface area contributed by atoms with E-state index in [1.54, 1.807) is 23.3 Å². The van der Waals surface area contributed by atoms with E-state index in [-0.39, 0.29) is 24.4 Å². The van der Waals surface area contributed by atoms with Gasteiger partial charge in [0.15, 0.2) is 0 Å². The van der Waals surface area contributed by atoms with Crippen molar-refractivity contribution in [2.75, 3.05) is 0 Å². The standard InChI is InChI=1S/C18H16F2N4O/c1-24-11-15(10-23-24)14-4-12(7-21-9-14)8-22-18(25)5-13-2-3-16(19)6-17(13)20/h2-4,6-7,9-11H,5,8H2,1H3,(H,22,25). The number of nitrogens with zero attached hydrogens (tertiary/aromatic N) is 3. The maximum atomic E-state index is 13.6. The van der Waals surface area contributed by atoms with Gasteiger partial charge in [0.1, 0.15) is 11.6 Å². The molecule has 0 unspecified atom stereocenters. The fourth-order valence-electron chi connectivity index (χ4n) is 2.41. The molecule has 7 heteroatoms. The summed E-state index contributed by atoms with van der Waals surface area (Å²) < 4.78 is 28.2. The Bertz CT molecular complexity index is 908. The average Bonchev–Trinajstić information content (AvgIpc) is 3.02. The molecule has 0 spiro atoms. The predicted molar refractivity (Wildman–Crippen MR) is 88.3 cm³/mol. The van der Waals surface area contributed by atoms with Crippen LogP contribution in [0.4, 0.5) is 8.78 Å². The summed E-state index contributed by atoms with van der Waals surface area (Å²) in [5.74, 6) is -1.74. The minimum Gasteiger partial charge on any atom is -0.352 e. The van der Waals surface area contributed by atoms with Gasteiger partial charge in [-0.25, -0.2) is 8.78 Å². The molecule has 5 nitrogen and oxygen atoms in total. The Morgan fingerprint density at radius 1 is 1.16 bits per heavy atom. The van der Waals surface area contributed by atoms with Gasteiger partial charge in [-0.3, -0.25) is 14.5 Å². The third-order valence-corrected chi connectivity index (χ3v) is 3.69. The molecule has 1 N–H and O–H groups in total. The van der Waals surface area contributed by atoms with Crippen LogP contribution in [0.5, 0.6) is 0 Å². The van der Waals surface area contributed by atoms with Crippen LogP contribution in [0.2, 0.25) is 0 Å². The summed E-state index contributed by atoms with van der Waals surface area (Å²) in [6, 6.07) is 5.08. The number of hydrogen-bond donors (Lipinski definition) is 1. The van der Waals surface area contributed by atoms with Gasteiger partial charge in [0.05, 0.1) is 12.6 Å². The second-order valence-corrected chi connectivity index (χ2v) is 5.67. The molecule has 2 heterocycles. The first-order valence-electron chi connectivity index (χ1n) is 7.65. The van der Waals surface area contributed by atoms with Crippen LogP contribution in [-0.4, -0.2) is 20.7 Å². The van der Waals surface area contributed by atoms with Gasteiger partial charge in [0.25, 0.3) is 0 Å². The van der Waals surface area contributed by atoms with E-state index in [4.69, 9.17) is 0 Å². The Hall–Kier alpha value is -3.09. The van der Waals surface area contributed by atoms with E-state index in [2.05, 4.69) is 15.4 Å². The first-order chi connectivity index (χ1) is 12.0. The fourth-order valence-corrected chi connectivity index (χ4v) is 2.41. The predicted octanol–water partition coefficient (Wildman–Crippen LogP) is 2.62. The lowest BCUT2D eigenvalue weighted by molar-refractivity contribution is -0.120. The molecule has 0 atom stereocenters. The first kappa shape index (κ1) is 16.8. The molecule has 0 fully saturated rings. The lowest BCUT2D eigenvalue weighted by atomic mass is 10.1. The van der Waals surface area contributed by atoms with E-state index >= 15 is 0 Å². The molecular weight excluding hydrogens is 326 g/mol. The highest BCUT2D eigenvalue weighted by Gasteiger charge is 2.09. The molecule has 1 amide bonds. The molecule has 2 aromatic heterocycles. The molecule has 0 radical (unpaired) electrons. The number of pyridine rings is 1. The molecule has 3 aromatic rings. The summed E-state index contributed by atoms with van der Waals surface area (Å²) in [4.78, 5) is 16.1. The molecule has 3 rings (SSSR count).